The summed E-state index contributed by atoms with van der Waals surface area (Å²) in [6, 6.07) is 6.23. The zero-order valence-electron chi connectivity index (χ0n) is 9.61. The second-order valence-electron chi connectivity index (χ2n) is 3.84. The first-order chi connectivity index (χ1) is 8.11. The highest BCUT2D eigenvalue weighted by molar-refractivity contribution is 14.1. The largest absolute Gasteiger partial charge is 0.309 e. The molecule has 2 aromatic rings. The van der Waals surface area contributed by atoms with Crippen LogP contribution in [0.2, 0.25) is 5.02 Å². The van der Waals surface area contributed by atoms with Crippen molar-refractivity contribution in [2.24, 2.45) is 7.05 Å². The molecular weight excluding hydrogens is 349 g/mol. The molecule has 5 heteroatoms. The third-order valence-corrected chi connectivity index (χ3v) is 4.20. The maximum absolute atomic E-state index is 6.15. The molecule has 1 N–H and O–H groups in total. The average molecular weight is 362 g/mol. The number of hydrogen-bond acceptors (Lipinski definition) is 2. The van der Waals surface area contributed by atoms with E-state index in [1.54, 1.807) is 4.68 Å². The van der Waals surface area contributed by atoms with Gasteiger partial charge >= 0.3 is 0 Å². The first kappa shape index (κ1) is 12.9. The topological polar surface area (TPSA) is 29.9 Å². The molecule has 1 atom stereocenters. The Morgan fingerprint density at radius 2 is 2.18 bits per heavy atom. The Kier molecular flexibility index (Phi) is 4.06. The maximum Gasteiger partial charge on any atom is 0.0606 e. The van der Waals surface area contributed by atoms with Crippen LogP contribution in [0.5, 0.6) is 0 Å². The molecule has 0 aliphatic rings. The quantitative estimate of drug-likeness (QED) is 0.852. The van der Waals surface area contributed by atoms with Gasteiger partial charge in [-0.15, -0.1) is 0 Å². The van der Waals surface area contributed by atoms with Gasteiger partial charge < -0.3 is 5.32 Å². The van der Waals surface area contributed by atoms with E-state index in [0.717, 1.165) is 19.7 Å². The predicted octanol–water partition coefficient (Wildman–Crippen LogP) is 2.99. The summed E-state index contributed by atoms with van der Waals surface area (Å²) in [4.78, 5) is 0. The van der Waals surface area contributed by atoms with E-state index in [4.69, 9.17) is 11.6 Å². The zero-order chi connectivity index (χ0) is 12.4. The van der Waals surface area contributed by atoms with Gasteiger partial charge in [0.2, 0.25) is 0 Å². The Hall–Kier alpha value is -0.590. The van der Waals surface area contributed by atoms with E-state index >= 15 is 0 Å². The molecule has 0 aliphatic carbocycles. The van der Waals surface area contributed by atoms with Crippen LogP contribution >= 0.6 is 34.2 Å². The van der Waals surface area contributed by atoms with Crippen LogP contribution in [0.25, 0.3) is 0 Å². The normalized spacial score (nSPS) is 12.7. The van der Waals surface area contributed by atoms with Crippen LogP contribution in [0.1, 0.15) is 17.2 Å². The van der Waals surface area contributed by atoms with Gasteiger partial charge in [-0.2, -0.15) is 5.10 Å². The number of aromatic nitrogens is 2. The Labute approximate surface area is 119 Å². The van der Waals surface area contributed by atoms with Gasteiger partial charge in [0, 0.05) is 22.4 Å². The molecule has 0 radical (unpaired) electrons. The lowest BCUT2D eigenvalue weighted by Gasteiger charge is -2.15. The van der Waals surface area contributed by atoms with Crippen LogP contribution < -0.4 is 5.32 Å². The number of halogens is 2. The van der Waals surface area contributed by atoms with Crippen molar-refractivity contribution < 1.29 is 0 Å². The highest BCUT2D eigenvalue weighted by Crippen LogP contribution is 2.26. The number of aryl methyl sites for hydroxylation is 1. The second kappa shape index (κ2) is 5.37. The van der Waals surface area contributed by atoms with E-state index in [2.05, 4.69) is 39.1 Å². The summed E-state index contributed by atoms with van der Waals surface area (Å²) in [6.45, 7) is 0. The SMILES string of the molecule is CNC(c1ccc(I)c(Cl)c1)c1cnn(C)c1. The minimum atomic E-state index is 0.123. The van der Waals surface area contributed by atoms with Gasteiger partial charge in [-0.3, -0.25) is 4.68 Å². The van der Waals surface area contributed by atoms with E-state index in [1.807, 2.05) is 38.6 Å². The molecule has 0 fully saturated rings. The van der Waals surface area contributed by atoms with Crippen molar-refractivity contribution in [3.8, 4) is 0 Å². The zero-order valence-corrected chi connectivity index (χ0v) is 12.5. The summed E-state index contributed by atoms with van der Waals surface area (Å²) in [5.74, 6) is 0. The minimum Gasteiger partial charge on any atom is -0.309 e. The molecule has 1 aromatic heterocycles. The van der Waals surface area contributed by atoms with E-state index in [9.17, 15) is 0 Å². The van der Waals surface area contributed by atoms with E-state index in [-0.39, 0.29) is 6.04 Å². The summed E-state index contributed by atoms with van der Waals surface area (Å²) in [7, 11) is 3.85. The number of benzene rings is 1. The molecule has 0 amide bonds. The Bertz CT molecular complexity index is 524. The van der Waals surface area contributed by atoms with E-state index in [1.165, 1.54) is 0 Å². The molecule has 1 unspecified atom stereocenters. The Morgan fingerprint density at radius 3 is 2.71 bits per heavy atom. The van der Waals surface area contributed by atoms with Crippen molar-refractivity contribution in [2.75, 3.05) is 7.05 Å². The molecule has 2 rings (SSSR count). The molecule has 0 spiro atoms. The molecule has 1 heterocycles. The summed E-state index contributed by atoms with van der Waals surface area (Å²) in [5, 5.41) is 8.26. The number of rotatable bonds is 3. The Balaban J connectivity index is 2.38. The summed E-state index contributed by atoms with van der Waals surface area (Å²) in [5.41, 5.74) is 2.28. The molecule has 17 heavy (non-hydrogen) atoms. The fourth-order valence-electron chi connectivity index (χ4n) is 1.81. The Morgan fingerprint density at radius 1 is 1.41 bits per heavy atom. The maximum atomic E-state index is 6.15. The fourth-order valence-corrected chi connectivity index (χ4v) is 2.33. The first-order valence-electron chi connectivity index (χ1n) is 5.22. The van der Waals surface area contributed by atoms with Gasteiger partial charge in [0.15, 0.2) is 0 Å². The van der Waals surface area contributed by atoms with Crippen molar-refractivity contribution in [1.82, 2.24) is 15.1 Å². The van der Waals surface area contributed by atoms with Gasteiger partial charge in [0.05, 0.1) is 17.3 Å². The van der Waals surface area contributed by atoms with Gasteiger partial charge in [-0.1, -0.05) is 17.7 Å². The molecular formula is C12H13ClIN3. The van der Waals surface area contributed by atoms with Crippen LogP contribution in [0, 0.1) is 3.57 Å². The van der Waals surface area contributed by atoms with Crippen molar-refractivity contribution in [2.45, 2.75) is 6.04 Å². The molecule has 0 saturated heterocycles. The highest BCUT2D eigenvalue weighted by Gasteiger charge is 2.14. The molecule has 3 nitrogen and oxygen atoms in total. The lowest BCUT2D eigenvalue weighted by atomic mass is 10.0. The minimum absolute atomic E-state index is 0.123. The first-order valence-corrected chi connectivity index (χ1v) is 6.68. The number of nitrogens with one attached hydrogen (secondary N) is 1. The summed E-state index contributed by atoms with van der Waals surface area (Å²) < 4.78 is 2.86. The van der Waals surface area contributed by atoms with Crippen molar-refractivity contribution >= 4 is 34.2 Å². The monoisotopic (exact) mass is 361 g/mol. The van der Waals surface area contributed by atoms with Crippen molar-refractivity contribution in [3.05, 3.63) is 50.3 Å². The van der Waals surface area contributed by atoms with Crippen LogP contribution in [0.15, 0.2) is 30.6 Å². The average Bonchev–Trinajstić information content (AvgIpc) is 2.71. The lowest BCUT2D eigenvalue weighted by Crippen LogP contribution is -2.17. The highest BCUT2D eigenvalue weighted by atomic mass is 127. The lowest BCUT2D eigenvalue weighted by molar-refractivity contribution is 0.689. The smallest absolute Gasteiger partial charge is 0.0606 e. The number of nitrogens with zero attached hydrogens (tertiary/aromatic N) is 2. The summed E-state index contributed by atoms with van der Waals surface area (Å²) >= 11 is 8.38. The number of hydrogen-bond donors (Lipinski definition) is 1. The van der Waals surface area contributed by atoms with E-state index < -0.39 is 0 Å². The fraction of sp³-hybridized carbons (Fsp3) is 0.250. The molecule has 0 bridgehead atoms. The standard InChI is InChI=1S/C12H13ClIN3/c1-15-12(9-6-16-17(2)7-9)8-3-4-11(14)10(13)5-8/h3-7,12,15H,1-2H3. The third-order valence-electron chi connectivity index (χ3n) is 2.62. The van der Waals surface area contributed by atoms with Crippen LogP contribution in [0.4, 0.5) is 0 Å². The molecule has 90 valence electrons. The van der Waals surface area contributed by atoms with Crippen LogP contribution in [0.3, 0.4) is 0 Å². The van der Waals surface area contributed by atoms with Crippen LogP contribution in [-0.4, -0.2) is 16.8 Å². The van der Waals surface area contributed by atoms with Gasteiger partial charge in [-0.25, -0.2) is 0 Å². The van der Waals surface area contributed by atoms with E-state index in [0.29, 0.717) is 0 Å². The predicted molar refractivity (Wildman–Crippen MR) is 78.3 cm³/mol. The van der Waals surface area contributed by atoms with Crippen LogP contribution in [-0.2, 0) is 7.05 Å². The second-order valence-corrected chi connectivity index (χ2v) is 5.41. The molecule has 0 aliphatic heterocycles. The molecule has 1 aromatic carbocycles. The molecule has 0 saturated carbocycles. The van der Waals surface area contributed by atoms with Crippen molar-refractivity contribution in [1.29, 1.82) is 0 Å². The third kappa shape index (κ3) is 2.81. The van der Waals surface area contributed by atoms with Gasteiger partial charge in [-0.05, 0) is 47.3 Å². The summed E-state index contributed by atoms with van der Waals surface area (Å²) in [6.07, 6.45) is 3.88. The van der Waals surface area contributed by atoms with Gasteiger partial charge in [0.1, 0.15) is 0 Å². The van der Waals surface area contributed by atoms with Crippen molar-refractivity contribution in [3.63, 3.8) is 0 Å². The van der Waals surface area contributed by atoms with Gasteiger partial charge in [0.25, 0.3) is 0 Å².